The number of aromatic nitrogens is 2. The average Bonchev–Trinajstić information content (AvgIpc) is 2.33. The summed E-state index contributed by atoms with van der Waals surface area (Å²) in [6.07, 6.45) is 1.42. The molecule has 16 heavy (non-hydrogen) atoms. The van der Waals surface area contributed by atoms with Crippen molar-refractivity contribution < 1.29 is 4.74 Å². The third-order valence-electron chi connectivity index (χ3n) is 2.55. The number of nitrogens with one attached hydrogen (secondary N) is 1. The molecule has 1 aliphatic rings. The summed E-state index contributed by atoms with van der Waals surface area (Å²) >= 11 is 2.00. The highest BCUT2D eigenvalue weighted by Gasteiger charge is 2.25. The van der Waals surface area contributed by atoms with Crippen LogP contribution < -0.4 is 16.2 Å². The number of aromatic amines is 1. The van der Waals surface area contributed by atoms with Gasteiger partial charge in [-0.1, -0.05) is 0 Å². The van der Waals surface area contributed by atoms with Gasteiger partial charge < -0.3 is 20.4 Å². The number of hydrogen-bond donors (Lipinski definition) is 2. The molecule has 6 nitrogen and oxygen atoms in total. The van der Waals surface area contributed by atoms with Gasteiger partial charge in [0.2, 0.25) is 0 Å². The first-order valence-corrected chi connectivity index (χ1v) is 6.09. The van der Waals surface area contributed by atoms with Crippen molar-refractivity contribution in [3.63, 3.8) is 0 Å². The Bertz CT molecular complexity index is 422. The number of nitrogens with two attached hydrogens (primary N) is 1. The molecule has 1 saturated heterocycles. The van der Waals surface area contributed by atoms with Crippen LogP contribution in [0.3, 0.4) is 0 Å². The maximum atomic E-state index is 11.5. The van der Waals surface area contributed by atoms with Crippen LogP contribution in [0.25, 0.3) is 0 Å². The van der Waals surface area contributed by atoms with E-state index in [0.29, 0.717) is 35.7 Å². The number of hydrogen-bond acceptors (Lipinski definition) is 5. The first kappa shape index (κ1) is 11.8. The highest BCUT2D eigenvalue weighted by atomic mass is 127. The number of rotatable bonds is 2. The van der Waals surface area contributed by atoms with E-state index in [0.717, 1.165) is 0 Å². The van der Waals surface area contributed by atoms with Gasteiger partial charge in [0, 0.05) is 13.1 Å². The van der Waals surface area contributed by atoms with Crippen molar-refractivity contribution in [1.82, 2.24) is 9.97 Å². The Morgan fingerprint density at radius 3 is 3.31 bits per heavy atom. The summed E-state index contributed by atoms with van der Waals surface area (Å²) in [5, 5.41) is 0. The van der Waals surface area contributed by atoms with Crippen LogP contribution in [0.1, 0.15) is 0 Å². The molecular formula is C9H13IN4O2. The topological polar surface area (TPSA) is 84.2 Å². The second kappa shape index (κ2) is 5.11. The molecule has 88 valence electrons. The number of anilines is 1. The Balaban J connectivity index is 2.34. The van der Waals surface area contributed by atoms with Crippen molar-refractivity contribution in [2.75, 3.05) is 31.2 Å². The van der Waals surface area contributed by atoms with Crippen molar-refractivity contribution in [1.29, 1.82) is 0 Å². The summed E-state index contributed by atoms with van der Waals surface area (Å²) < 4.78 is 5.95. The summed E-state index contributed by atoms with van der Waals surface area (Å²) in [4.78, 5) is 20.3. The molecule has 0 aromatic carbocycles. The van der Waals surface area contributed by atoms with E-state index in [2.05, 4.69) is 9.97 Å². The van der Waals surface area contributed by atoms with Crippen molar-refractivity contribution in [3.8, 4) is 0 Å². The van der Waals surface area contributed by atoms with Crippen molar-refractivity contribution in [2.45, 2.75) is 6.04 Å². The molecule has 0 spiro atoms. The molecular weight excluding hydrogens is 323 g/mol. The van der Waals surface area contributed by atoms with E-state index in [-0.39, 0.29) is 11.6 Å². The number of nitrogens with zero attached hydrogens (tertiary/aromatic N) is 2. The summed E-state index contributed by atoms with van der Waals surface area (Å²) in [5.74, 6) is 0.697. The van der Waals surface area contributed by atoms with Crippen molar-refractivity contribution in [2.24, 2.45) is 5.73 Å². The second-order valence-corrected chi connectivity index (χ2v) is 4.61. The number of morpholine rings is 1. The minimum Gasteiger partial charge on any atom is -0.377 e. The van der Waals surface area contributed by atoms with Gasteiger partial charge in [-0.15, -0.1) is 0 Å². The third-order valence-corrected chi connectivity index (χ3v) is 3.52. The van der Waals surface area contributed by atoms with E-state index < -0.39 is 0 Å². The molecule has 2 heterocycles. The van der Waals surface area contributed by atoms with Gasteiger partial charge in [0.1, 0.15) is 9.39 Å². The monoisotopic (exact) mass is 336 g/mol. The minimum atomic E-state index is -0.118. The number of halogens is 1. The van der Waals surface area contributed by atoms with Crippen LogP contribution in [0.4, 0.5) is 5.82 Å². The van der Waals surface area contributed by atoms with E-state index in [4.69, 9.17) is 10.5 Å². The second-order valence-electron chi connectivity index (χ2n) is 3.53. The lowest BCUT2D eigenvalue weighted by atomic mass is 10.2. The molecule has 0 aliphatic carbocycles. The fourth-order valence-corrected chi connectivity index (χ4v) is 2.31. The lowest BCUT2D eigenvalue weighted by Gasteiger charge is -2.35. The van der Waals surface area contributed by atoms with Gasteiger partial charge in [-0.3, -0.25) is 4.79 Å². The van der Waals surface area contributed by atoms with Gasteiger partial charge in [0.25, 0.3) is 5.56 Å². The van der Waals surface area contributed by atoms with Gasteiger partial charge in [-0.05, 0) is 22.6 Å². The lowest BCUT2D eigenvalue weighted by molar-refractivity contribution is 0.0957. The predicted molar refractivity (Wildman–Crippen MR) is 68.6 cm³/mol. The van der Waals surface area contributed by atoms with Crippen LogP contribution in [0, 0.1) is 3.57 Å². The zero-order chi connectivity index (χ0) is 11.5. The standard InChI is InChI=1S/C9H13IN4O2/c10-7-8(12-5-13-9(7)15)14-1-2-16-4-6(14)3-11/h5-6H,1-4,11H2,(H,12,13,15). The van der Waals surface area contributed by atoms with Gasteiger partial charge >= 0.3 is 0 Å². The molecule has 7 heteroatoms. The SMILES string of the molecule is NCC1COCCN1c1nc[nH]c(=O)c1I. The molecule has 1 fully saturated rings. The minimum absolute atomic E-state index is 0.0940. The fourth-order valence-electron chi connectivity index (χ4n) is 1.70. The Morgan fingerprint density at radius 2 is 2.56 bits per heavy atom. The van der Waals surface area contributed by atoms with Gasteiger partial charge in [0.15, 0.2) is 0 Å². The Hall–Kier alpha value is -0.670. The Kier molecular flexibility index (Phi) is 3.77. The Morgan fingerprint density at radius 1 is 1.75 bits per heavy atom. The van der Waals surface area contributed by atoms with Crippen LogP contribution in [-0.4, -0.2) is 42.3 Å². The van der Waals surface area contributed by atoms with Crippen LogP contribution in [0.2, 0.25) is 0 Å². The zero-order valence-electron chi connectivity index (χ0n) is 8.65. The van der Waals surface area contributed by atoms with Crippen molar-refractivity contribution in [3.05, 3.63) is 20.3 Å². The average molecular weight is 336 g/mol. The summed E-state index contributed by atoms with van der Waals surface area (Å²) in [5.41, 5.74) is 5.56. The molecule has 1 aromatic heterocycles. The molecule has 1 atom stereocenters. The highest BCUT2D eigenvalue weighted by molar-refractivity contribution is 14.1. The maximum absolute atomic E-state index is 11.5. The van der Waals surface area contributed by atoms with E-state index in [1.165, 1.54) is 6.33 Å². The van der Waals surface area contributed by atoms with Crippen LogP contribution in [-0.2, 0) is 4.74 Å². The number of ether oxygens (including phenoxy) is 1. The van der Waals surface area contributed by atoms with E-state index in [1.807, 2.05) is 27.5 Å². The largest absolute Gasteiger partial charge is 0.377 e. The van der Waals surface area contributed by atoms with E-state index in [9.17, 15) is 4.79 Å². The third kappa shape index (κ3) is 2.20. The smallest absolute Gasteiger partial charge is 0.266 e. The summed E-state index contributed by atoms with van der Waals surface area (Å²) in [7, 11) is 0. The fraction of sp³-hybridized carbons (Fsp3) is 0.556. The molecule has 0 radical (unpaired) electrons. The van der Waals surface area contributed by atoms with Crippen molar-refractivity contribution >= 4 is 28.4 Å². The summed E-state index contributed by atoms with van der Waals surface area (Å²) in [6, 6.07) is 0.0940. The molecule has 1 aliphatic heterocycles. The normalized spacial score (nSPS) is 21.1. The summed E-state index contributed by atoms with van der Waals surface area (Å²) in [6.45, 7) is 2.43. The highest BCUT2D eigenvalue weighted by Crippen LogP contribution is 2.19. The lowest BCUT2D eigenvalue weighted by Crippen LogP contribution is -2.50. The first-order chi connectivity index (χ1) is 7.74. The zero-order valence-corrected chi connectivity index (χ0v) is 10.8. The molecule has 0 bridgehead atoms. The van der Waals surface area contributed by atoms with Gasteiger partial charge in [0.05, 0.1) is 25.6 Å². The molecule has 1 aromatic rings. The van der Waals surface area contributed by atoms with Crippen LogP contribution in [0.15, 0.2) is 11.1 Å². The molecule has 0 amide bonds. The van der Waals surface area contributed by atoms with Crippen LogP contribution in [0.5, 0.6) is 0 Å². The van der Waals surface area contributed by atoms with Crippen LogP contribution >= 0.6 is 22.6 Å². The number of H-pyrrole nitrogens is 1. The van der Waals surface area contributed by atoms with Gasteiger partial charge in [-0.25, -0.2) is 4.98 Å². The van der Waals surface area contributed by atoms with Gasteiger partial charge in [-0.2, -0.15) is 0 Å². The molecule has 0 saturated carbocycles. The maximum Gasteiger partial charge on any atom is 0.266 e. The predicted octanol–water partition coefficient (Wildman–Crippen LogP) is -0.462. The van der Waals surface area contributed by atoms with E-state index >= 15 is 0 Å². The first-order valence-electron chi connectivity index (χ1n) is 5.01. The quantitative estimate of drug-likeness (QED) is 0.714. The molecule has 1 unspecified atom stereocenters. The van der Waals surface area contributed by atoms with E-state index in [1.54, 1.807) is 0 Å². The Labute approximate surface area is 106 Å². The molecule has 2 rings (SSSR count). The molecule has 3 N–H and O–H groups in total.